The predicted octanol–water partition coefficient (Wildman–Crippen LogP) is 12.4. The largest absolute Gasteiger partial charge is 0.455 e. The zero-order valence-electron chi connectivity index (χ0n) is 26.6. The van der Waals surface area contributed by atoms with Crippen molar-refractivity contribution in [3.8, 4) is 67.0 Å². The fraction of sp³-hybridized carbons (Fsp3) is 0. The number of furan rings is 1. The number of pyridine rings is 2. The molecule has 0 atom stereocenters. The highest BCUT2D eigenvalue weighted by Crippen LogP contribution is 2.41. The summed E-state index contributed by atoms with van der Waals surface area (Å²) in [4.78, 5) is 9.72. The van der Waals surface area contributed by atoms with Gasteiger partial charge in [-0.05, 0) is 52.6 Å². The molecular formula is C46H30N2O. The molecular weight excluding hydrogens is 597 g/mol. The van der Waals surface area contributed by atoms with Crippen LogP contribution in [0.5, 0.6) is 0 Å². The van der Waals surface area contributed by atoms with Crippen molar-refractivity contribution in [3.63, 3.8) is 0 Å². The third-order valence-corrected chi connectivity index (χ3v) is 9.19. The average molecular weight is 627 g/mol. The van der Waals surface area contributed by atoms with Crippen molar-refractivity contribution >= 4 is 21.9 Å². The standard InChI is InChI=1S/C46H30N2O/c1-4-12-31(13-5-1)39-18-10-20-41-42-21-11-19-40(46(42)49-45(39)41)38-27-36(34-22-24-43(47-29-34)32-14-6-2-7-15-32)26-37(28-38)35-23-25-44(48-30-35)33-16-8-3-9-17-33/h1-30H. The lowest BCUT2D eigenvalue weighted by Gasteiger charge is -2.12. The molecule has 0 amide bonds. The molecule has 3 heteroatoms. The fourth-order valence-corrected chi connectivity index (χ4v) is 6.70. The Hall–Kier alpha value is -6.58. The summed E-state index contributed by atoms with van der Waals surface area (Å²) in [7, 11) is 0. The third kappa shape index (κ3) is 5.38. The van der Waals surface area contributed by atoms with Gasteiger partial charge in [-0.15, -0.1) is 0 Å². The van der Waals surface area contributed by atoms with Gasteiger partial charge in [0.15, 0.2) is 0 Å². The van der Waals surface area contributed by atoms with Crippen LogP contribution in [0.2, 0.25) is 0 Å². The van der Waals surface area contributed by atoms with Crippen molar-refractivity contribution in [2.45, 2.75) is 0 Å². The second kappa shape index (κ2) is 12.2. The van der Waals surface area contributed by atoms with Gasteiger partial charge in [0.05, 0.1) is 11.4 Å². The van der Waals surface area contributed by atoms with Crippen molar-refractivity contribution in [2.75, 3.05) is 0 Å². The summed E-state index contributed by atoms with van der Waals surface area (Å²) in [5.74, 6) is 0. The van der Waals surface area contributed by atoms with Crippen molar-refractivity contribution in [3.05, 3.63) is 182 Å². The Morgan fingerprint density at radius 2 is 0.735 bits per heavy atom. The molecule has 9 aromatic rings. The Morgan fingerprint density at radius 1 is 0.306 bits per heavy atom. The highest BCUT2D eigenvalue weighted by atomic mass is 16.3. The number of benzene rings is 6. The van der Waals surface area contributed by atoms with E-state index in [1.807, 2.05) is 54.9 Å². The lowest BCUT2D eigenvalue weighted by molar-refractivity contribution is 0.671. The minimum absolute atomic E-state index is 0.874. The molecule has 0 radical (unpaired) electrons. The lowest BCUT2D eigenvalue weighted by Crippen LogP contribution is -1.90. The Balaban J connectivity index is 1.21. The van der Waals surface area contributed by atoms with Gasteiger partial charge in [-0.2, -0.15) is 0 Å². The maximum absolute atomic E-state index is 6.82. The number of hydrogen-bond donors (Lipinski definition) is 0. The number of rotatable bonds is 6. The number of hydrogen-bond acceptors (Lipinski definition) is 3. The minimum Gasteiger partial charge on any atom is -0.455 e. The molecule has 3 heterocycles. The number of nitrogens with zero attached hydrogens (tertiary/aromatic N) is 2. The van der Waals surface area contributed by atoms with Crippen molar-refractivity contribution in [1.29, 1.82) is 0 Å². The molecule has 3 nitrogen and oxygen atoms in total. The molecule has 0 N–H and O–H groups in total. The molecule has 0 bridgehead atoms. The topological polar surface area (TPSA) is 38.9 Å². The van der Waals surface area contributed by atoms with Crippen molar-refractivity contribution in [2.24, 2.45) is 0 Å². The number of para-hydroxylation sites is 2. The summed E-state index contributed by atoms with van der Waals surface area (Å²) in [6.45, 7) is 0. The van der Waals surface area contributed by atoms with E-state index in [9.17, 15) is 0 Å². The summed E-state index contributed by atoms with van der Waals surface area (Å²) in [5.41, 5.74) is 14.4. The third-order valence-electron chi connectivity index (χ3n) is 9.19. The second-order valence-corrected chi connectivity index (χ2v) is 12.2. The Morgan fingerprint density at radius 3 is 1.18 bits per heavy atom. The summed E-state index contributed by atoms with van der Waals surface area (Å²) in [6.07, 6.45) is 3.94. The fourth-order valence-electron chi connectivity index (χ4n) is 6.70. The zero-order chi connectivity index (χ0) is 32.6. The molecule has 6 aromatic carbocycles. The molecule has 0 aliphatic heterocycles. The van der Waals surface area contributed by atoms with Crippen molar-refractivity contribution in [1.82, 2.24) is 9.97 Å². The maximum Gasteiger partial charge on any atom is 0.143 e. The highest BCUT2D eigenvalue weighted by Gasteiger charge is 2.17. The molecule has 0 saturated heterocycles. The van der Waals surface area contributed by atoms with Gasteiger partial charge in [0.2, 0.25) is 0 Å². The van der Waals surface area contributed by atoms with Crippen molar-refractivity contribution < 1.29 is 4.42 Å². The van der Waals surface area contributed by atoms with Gasteiger partial charge >= 0.3 is 0 Å². The molecule has 3 aromatic heterocycles. The van der Waals surface area contributed by atoms with Crippen LogP contribution in [0.1, 0.15) is 0 Å². The smallest absolute Gasteiger partial charge is 0.143 e. The van der Waals surface area contributed by atoms with E-state index in [0.717, 1.165) is 89.0 Å². The first-order valence-corrected chi connectivity index (χ1v) is 16.5. The van der Waals surface area contributed by atoms with E-state index in [4.69, 9.17) is 14.4 Å². The first kappa shape index (κ1) is 28.6. The van der Waals surface area contributed by atoms with Gasteiger partial charge in [0, 0.05) is 56.5 Å². The monoisotopic (exact) mass is 626 g/mol. The van der Waals surface area contributed by atoms with E-state index < -0.39 is 0 Å². The minimum atomic E-state index is 0.874. The number of aromatic nitrogens is 2. The first-order valence-electron chi connectivity index (χ1n) is 16.5. The van der Waals surface area contributed by atoms with Crippen LogP contribution in [0, 0.1) is 0 Å². The van der Waals surface area contributed by atoms with Gasteiger partial charge < -0.3 is 4.42 Å². The maximum atomic E-state index is 6.82. The van der Waals surface area contributed by atoms with Gasteiger partial charge in [-0.25, -0.2) is 0 Å². The molecule has 49 heavy (non-hydrogen) atoms. The van der Waals surface area contributed by atoms with Crippen LogP contribution in [-0.4, -0.2) is 9.97 Å². The van der Waals surface area contributed by atoms with Crippen LogP contribution in [0.3, 0.4) is 0 Å². The molecule has 9 rings (SSSR count). The van der Waals surface area contributed by atoms with E-state index in [0.29, 0.717) is 0 Å². The summed E-state index contributed by atoms with van der Waals surface area (Å²) in [5, 5.41) is 2.20. The van der Waals surface area contributed by atoms with Gasteiger partial charge in [0.1, 0.15) is 11.2 Å². The van der Waals surface area contributed by atoms with Gasteiger partial charge in [-0.1, -0.05) is 140 Å². The molecule has 0 aliphatic carbocycles. The van der Waals surface area contributed by atoms with Crippen LogP contribution in [0.4, 0.5) is 0 Å². The van der Waals surface area contributed by atoms with Crippen LogP contribution in [0.15, 0.2) is 187 Å². The molecule has 0 saturated carbocycles. The first-order chi connectivity index (χ1) is 24.3. The Bertz CT molecular complexity index is 2450. The summed E-state index contributed by atoms with van der Waals surface area (Å²) < 4.78 is 6.82. The summed E-state index contributed by atoms with van der Waals surface area (Å²) >= 11 is 0. The average Bonchev–Trinajstić information content (AvgIpc) is 3.58. The Kier molecular flexibility index (Phi) is 7.14. The second-order valence-electron chi connectivity index (χ2n) is 12.2. The van der Waals surface area contributed by atoms with Gasteiger partial charge in [-0.3, -0.25) is 9.97 Å². The highest BCUT2D eigenvalue weighted by molar-refractivity contribution is 6.13. The van der Waals surface area contributed by atoms with E-state index in [-0.39, 0.29) is 0 Å². The van der Waals surface area contributed by atoms with E-state index in [1.54, 1.807) is 0 Å². The summed E-state index contributed by atoms with van der Waals surface area (Å²) in [6, 6.07) is 59.1. The molecule has 0 spiro atoms. The predicted molar refractivity (Wildman–Crippen MR) is 202 cm³/mol. The van der Waals surface area contributed by atoms with Crippen LogP contribution < -0.4 is 0 Å². The number of fused-ring (bicyclic) bond motifs is 3. The van der Waals surface area contributed by atoms with E-state index in [2.05, 4.69) is 127 Å². The zero-order valence-corrected chi connectivity index (χ0v) is 26.6. The molecule has 0 aliphatic rings. The lowest BCUT2D eigenvalue weighted by atomic mass is 9.93. The van der Waals surface area contributed by atoms with Crippen LogP contribution in [0.25, 0.3) is 89.0 Å². The van der Waals surface area contributed by atoms with Crippen LogP contribution >= 0.6 is 0 Å². The molecule has 0 unspecified atom stereocenters. The molecule has 230 valence electrons. The molecule has 0 fully saturated rings. The normalized spacial score (nSPS) is 11.3. The van der Waals surface area contributed by atoms with E-state index in [1.165, 1.54) is 0 Å². The van der Waals surface area contributed by atoms with E-state index >= 15 is 0 Å². The quantitative estimate of drug-likeness (QED) is 0.184. The van der Waals surface area contributed by atoms with Gasteiger partial charge in [0.25, 0.3) is 0 Å². The SMILES string of the molecule is c1ccc(-c2ccc(-c3cc(-c4ccc(-c5ccccc5)nc4)cc(-c4cccc5c4oc4c(-c6ccccc6)cccc45)c3)cn2)cc1. The Labute approximate surface area is 284 Å². The van der Waals surface area contributed by atoms with Crippen LogP contribution in [-0.2, 0) is 0 Å².